The van der Waals surface area contributed by atoms with E-state index in [4.69, 9.17) is 16.7 Å². The van der Waals surface area contributed by atoms with Crippen molar-refractivity contribution in [1.29, 1.82) is 0 Å². The third-order valence-corrected chi connectivity index (χ3v) is 1.87. The molecule has 0 spiro atoms. The molecular formula is C8H9ClN2O2. The molecule has 5 heteroatoms. The molecule has 1 heterocycles. The Bertz CT molecular complexity index is 352. The van der Waals surface area contributed by atoms with Crippen LogP contribution in [0.5, 0.6) is 0 Å². The van der Waals surface area contributed by atoms with Crippen LogP contribution in [-0.2, 0) is 6.42 Å². The summed E-state index contributed by atoms with van der Waals surface area (Å²) < 4.78 is 0. The second kappa shape index (κ2) is 3.70. The van der Waals surface area contributed by atoms with Crippen molar-refractivity contribution in [3.63, 3.8) is 0 Å². The van der Waals surface area contributed by atoms with Crippen LogP contribution >= 0.6 is 11.6 Å². The summed E-state index contributed by atoms with van der Waals surface area (Å²) in [5, 5.41) is 8.82. The molecule has 1 aromatic rings. The number of aryl methyl sites for hydroxylation is 2. The fourth-order valence-electron chi connectivity index (χ4n) is 1.06. The summed E-state index contributed by atoms with van der Waals surface area (Å²) >= 11 is 5.68. The Morgan fingerprint density at radius 1 is 1.54 bits per heavy atom. The van der Waals surface area contributed by atoms with Gasteiger partial charge in [-0.1, -0.05) is 18.5 Å². The molecule has 0 unspecified atom stereocenters. The number of carboxylic acids is 1. The van der Waals surface area contributed by atoms with Gasteiger partial charge in [-0.3, -0.25) is 0 Å². The van der Waals surface area contributed by atoms with Gasteiger partial charge in [0.15, 0.2) is 0 Å². The summed E-state index contributed by atoms with van der Waals surface area (Å²) in [6.07, 6.45) is 0.532. The molecule has 0 saturated heterocycles. The molecule has 0 radical (unpaired) electrons. The van der Waals surface area contributed by atoms with Crippen molar-refractivity contribution in [2.45, 2.75) is 20.3 Å². The number of halogens is 1. The highest BCUT2D eigenvalue weighted by atomic mass is 35.5. The molecule has 70 valence electrons. The number of hydrogen-bond acceptors (Lipinski definition) is 3. The van der Waals surface area contributed by atoms with Gasteiger partial charge in [-0.15, -0.1) is 0 Å². The highest BCUT2D eigenvalue weighted by Gasteiger charge is 2.16. The zero-order valence-corrected chi connectivity index (χ0v) is 8.09. The van der Waals surface area contributed by atoms with Gasteiger partial charge in [0, 0.05) is 0 Å². The number of aromatic carboxylic acids is 1. The van der Waals surface area contributed by atoms with Crippen LogP contribution in [0.15, 0.2) is 0 Å². The van der Waals surface area contributed by atoms with E-state index in [0.717, 1.165) is 0 Å². The maximum atomic E-state index is 10.7. The number of hydrogen-bond donors (Lipinski definition) is 1. The third kappa shape index (κ3) is 1.95. The highest BCUT2D eigenvalue weighted by Crippen LogP contribution is 2.16. The summed E-state index contributed by atoms with van der Waals surface area (Å²) in [5.74, 6) is -0.589. The van der Waals surface area contributed by atoms with Crippen LogP contribution in [0, 0.1) is 6.92 Å². The van der Waals surface area contributed by atoms with E-state index in [0.29, 0.717) is 17.9 Å². The van der Waals surface area contributed by atoms with E-state index in [-0.39, 0.29) is 10.7 Å². The zero-order valence-electron chi connectivity index (χ0n) is 7.33. The van der Waals surface area contributed by atoms with Crippen molar-refractivity contribution in [2.24, 2.45) is 0 Å². The van der Waals surface area contributed by atoms with Crippen molar-refractivity contribution in [3.8, 4) is 0 Å². The molecular weight excluding hydrogens is 192 g/mol. The molecule has 0 amide bonds. The first-order valence-electron chi connectivity index (χ1n) is 3.82. The molecule has 0 aliphatic rings. The van der Waals surface area contributed by atoms with E-state index in [1.54, 1.807) is 6.92 Å². The molecule has 1 aromatic heterocycles. The second-order valence-corrected chi connectivity index (χ2v) is 2.90. The highest BCUT2D eigenvalue weighted by molar-refractivity contribution is 6.32. The fraction of sp³-hybridized carbons (Fsp3) is 0.375. The Morgan fingerprint density at radius 3 is 2.62 bits per heavy atom. The standard InChI is InChI=1S/C8H9ClN2O2/c1-3-5-6(8(12)13)7(9)11-4(2)10-5/h3H2,1-2H3,(H,12,13). The van der Waals surface area contributed by atoms with Gasteiger partial charge >= 0.3 is 5.97 Å². The lowest BCUT2D eigenvalue weighted by Crippen LogP contribution is -2.08. The molecule has 0 bridgehead atoms. The fourth-order valence-corrected chi connectivity index (χ4v) is 1.37. The van der Waals surface area contributed by atoms with Crippen LogP contribution in [0.3, 0.4) is 0 Å². The summed E-state index contributed by atoms with van der Waals surface area (Å²) in [4.78, 5) is 18.5. The van der Waals surface area contributed by atoms with Crippen molar-refractivity contribution in [3.05, 3.63) is 22.2 Å². The first kappa shape index (κ1) is 9.92. The van der Waals surface area contributed by atoms with Gasteiger partial charge < -0.3 is 5.11 Å². The van der Waals surface area contributed by atoms with E-state index in [2.05, 4.69) is 9.97 Å². The van der Waals surface area contributed by atoms with Gasteiger partial charge in [-0.25, -0.2) is 14.8 Å². The average Bonchev–Trinajstić information content (AvgIpc) is 2.01. The van der Waals surface area contributed by atoms with Crippen molar-refractivity contribution >= 4 is 17.6 Å². The Kier molecular flexibility index (Phi) is 2.83. The maximum Gasteiger partial charge on any atom is 0.340 e. The Morgan fingerprint density at radius 2 is 2.15 bits per heavy atom. The van der Waals surface area contributed by atoms with Crippen molar-refractivity contribution < 1.29 is 9.90 Å². The molecule has 0 aliphatic carbocycles. The number of carboxylic acid groups (broad SMARTS) is 1. The Balaban J connectivity index is 3.38. The third-order valence-electron chi connectivity index (χ3n) is 1.60. The molecule has 0 saturated carbocycles. The number of carbonyl (C=O) groups is 1. The molecule has 1 rings (SSSR count). The average molecular weight is 201 g/mol. The molecule has 0 atom stereocenters. The normalized spacial score (nSPS) is 10.1. The SMILES string of the molecule is CCc1nc(C)nc(Cl)c1C(=O)O. The van der Waals surface area contributed by atoms with E-state index >= 15 is 0 Å². The number of nitrogens with zero attached hydrogens (tertiary/aromatic N) is 2. The van der Waals surface area contributed by atoms with Crippen molar-refractivity contribution in [2.75, 3.05) is 0 Å². The van der Waals surface area contributed by atoms with Gasteiger partial charge in [0.05, 0.1) is 5.69 Å². The lowest BCUT2D eigenvalue weighted by Gasteiger charge is -2.04. The maximum absolute atomic E-state index is 10.7. The second-order valence-electron chi connectivity index (χ2n) is 2.54. The molecule has 0 fully saturated rings. The predicted molar refractivity (Wildman–Crippen MR) is 48.1 cm³/mol. The van der Waals surface area contributed by atoms with E-state index in [1.807, 2.05) is 6.92 Å². The van der Waals surface area contributed by atoms with Crippen LogP contribution in [0.25, 0.3) is 0 Å². The smallest absolute Gasteiger partial charge is 0.340 e. The molecule has 0 aliphatic heterocycles. The topological polar surface area (TPSA) is 63.1 Å². The lowest BCUT2D eigenvalue weighted by molar-refractivity contribution is 0.0695. The van der Waals surface area contributed by atoms with Gasteiger partial charge in [-0.2, -0.15) is 0 Å². The molecule has 13 heavy (non-hydrogen) atoms. The predicted octanol–water partition coefficient (Wildman–Crippen LogP) is 1.70. The summed E-state index contributed by atoms with van der Waals surface area (Å²) in [5.41, 5.74) is 0.486. The summed E-state index contributed by atoms with van der Waals surface area (Å²) in [7, 11) is 0. The van der Waals surface area contributed by atoms with E-state index < -0.39 is 5.97 Å². The summed E-state index contributed by atoms with van der Waals surface area (Å²) in [6, 6.07) is 0. The molecule has 0 aromatic carbocycles. The van der Waals surface area contributed by atoms with Gasteiger partial charge in [0.25, 0.3) is 0 Å². The first-order chi connectivity index (χ1) is 6.06. The van der Waals surface area contributed by atoms with Crippen LogP contribution in [0.1, 0.15) is 28.8 Å². The lowest BCUT2D eigenvalue weighted by atomic mass is 10.2. The Hall–Kier alpha value is -1.16. The largest absolute Gasteiger partial charge is 0.478 e. The van der Waals surface area contributed by atoms with Crippen LogP contribution < -0.4 is 0 Å². The van der Waals surface area contributed by atoms with Crippen LogP contribution in [0.4, 0.5) is 0 Å². The van der Waals surface area contributed by atoms with Crippen LogP contribution in [0.2, 0.25) is 5.15 Å². The summed E-state index contributed by atoms with van der Waals surface area (Å²) in [6.45, 7) is 3.50. The first-order valence-corrected chi connectivity index (χ1v) is 4.20. The minimum atomic E-state index is -1.08. The molecule has 1 N–H and O–H groups in total. The van der Waals surface area contributed by atoms with E-state index in [1.165, 1.54) is 0 Å². The minimum absolute atomic E-state index is 0.00904. The van der Waals surface area contributed by atoms with Gasteiger partial charge in [0.2, 0.25) is 0 Å². The molecule has 4 nitrogen and oxygen atoms in total. The van der Waals surface area contributed by atoms with E-state index in [9.17, 15) is 4.79 Å². The Labute approximate surface area is 80.6 Å². The monoisotopic (exact) mass is 200 g/mol. The van der Waals surface area contributed by atoms with Crippen molar-refractivity contribution in [1.82, 2.24) is 9.97 Å². The minimum Gasteiger partial charge on any atom is -0.478 e. The number of rotatable bonds is 2. The van der Waals surface area contributed by atoms with Gasteiger partial charge in [0.1, 0.15) is 16.5 Å². The van der Waals surface area contributed by atoms with Gasteiger partial charge in [-0.05, 0) is 13.3 Å². The quantitative estimate of drug-likeness (QED) is 0.739. The zero-order chi connectivity index (χ0) is 10.0. The van der Waals surface area contributed by atoms with Crippen LogP contribution in [-0.4, -0.2) is 21.0 Å². The number of aromatic nitrogens is 2.